The third-order valence-electron chi connectivity index (χ3n) is 6.68. The minimum Gasteiger partial charge on any atom is -0.450 e. The van der Waals surface area contributed by atoms with Gasteiger partial charge in [0.05, 0.1) is 6.61 Å². The topological polar surface area (TPSA) is 65.1 Å². The van der Waals surface area contributed by atoms with E-state index >= 15 is 0 Å². The third-order valence-corrected chi connectivity index (χ3v) is 6.68. The highest BCUT2D eigenvalue weighted by Crippen LogP contribution is 2.22. The van der Waals surface area contributed by atoms with Gasteiger partial charge < -0.3 is 24.8 Å². The van der Waals surface area contributed by atoms with E-state index in [9.17, 15) is 18.4 Å². The zero-order valence-electron chi connectivity index (χ0n) is 20.0. The first kappa shape index (κ1) is 24.9. The van der Waals surface area contributed by atoms with Gasteiger partial charge in [-0.2, -0.15) is 0 Å². The SMILES string of the molecule is CCOC(=O)N1CCN(C(=O)c2ccc(N3CCC(NCc4cccc(F)c4F)CC3)cc2)CC1. The van der Waals surface area contributed by atoms with E-state index in [1.54, 1.807) is 22.8 Å². The van der Waals surface area contributed by atoms with Crippen molar-refractivity contribution in [3.8, 4) is 0 Å². The molecule has 0 unspecified atom stereocenters. The molecule has 2 amide bonds. The van der Waals surface area contributed by atoms with Crippen molar-refractivity contribution in [2.75, 3.05) is 50.8 Å². The van der Waals surface area contributed by atoms with E-state index in [1.807, 2.05) is 24.3 Å². The van der Waals surface area contributed by atoms with Crippen molar-refractivity contribution in [3.05, 3.63) is 65.2 Å². The van der Waals surface area contributed by atoms with Crippen LogP contribution >= 0.6 is 0 Å². The molecule has 0 bridgehead atoms. The second-order valence-corrected chi connectivity index (χ2v) is 8.88. The molecule has 0 aromatic heterocycles. The molecule has 2 aliphatic rings. The van der Waals surface area contributed by atoms with E-state index in [0.29, 0.717) is 50.5 Å². The van der Waals surface area contributed by atoms with Crippen LogP contribution in [-0.4, -0.2) is 73.7 Å². The summed E-state index contributed by atoms with van der Waals surface area (Å²) in [5, 5.41) is 3.34. The fourth-order valence-electron chi connectivity index (χ4n) is 4.59. The number of ether oxygens (including phenoxy) is 1. The Bertz CT molecular complexity index is 1020. The largest absolute Gasteiger partial charge is 0.450 e. The van der Waals surface area contributed by atoms with Gasteiger partial charge in [-0.1, -0.05) is 12.1 Å². The molecular formula is C26H32F2N4O3. The van der Waals surface area contributed by atoms with Crippen LogP contribution < -0.4 is 10.2 Å². The summed E-state index contributed by atoms with van der Waals surface area (Å²) in [6.45, 7) is 6.01. The van der Waals surface area contributed by atoms with Crippen molar-refractivity contribution in [3.63, 3.8) is 0 Å². The average molecular weight is 487 g/mol. The number of nitrogens with zero attached hydrogens (tertiary/aromatic N) is 3. The molecule has 0 radical (unpaired) electrons. The Balaban J connectivity index is 1.24. The Hall–Kier alpha value is -3.20. The summed E-state index contributed by atoms with van der Waals surface area (Å²) < 4.78 is 32.3. The Morgan fingerprint density at radius 2 is 1.60 bits per heavy atom. The predicted octanol–water partition coefficient (Wildman–Crippen LogP) is 3.64. The Kier molecular flexibility index (Phi) is 8.17. The van der Waals surface area contributed by atoms with Crippen LogP contribution in [0.1, 0.15) is 35.7 Å². The number of hydrogen-bond acceptors (Lipinski definition) is 5. The smallest absolute Gasteiger partial charge is 0.409 e. The molecule has 1 N–H and O–H groups in total. The number of benzene rings is 2. The Labute approximate surface area is 204 Å². The first-order valence-electron chi connectivity index (χ1n) is 12.2. The summed E-state index contributed by atoms with van der Waals surface area (Å²) >= 11 is 0. The number of anilines is 1. The first-order chi connectivity index (χ1) is 17.0. The lowest BCUT2D eigenvalue weighted by atomic mass is 10.0. The van der Waals surface area contributed by atoms with Crippen LogP contribution in [0.25, 0.3) is 0 Å². The molecule has 2 aromatic carbocycles. The molecule has 0 aliphatic carbocycles. The van der Waals surface area contributed by atoms with E-state index in [4.69, 9.17) is 4.74 Å². The standard InChI is InChI=1S/C26H32F2N4O3/c1-2-35-26(34)32-16-14-31(15-17-32)25(33)19-6-8-22(9-7-19)30-12-10-21(11-13-30)29-18-20-4-3-5-23(27)24(20)28/h3-9,21,29H,2,10-18H2,1H3. The quantitative estimate of drug-likeness (QED) is 0.676. The van der Waals surface area contributed by atoms with Gasteiger partial charge in [0.15, 0.2) is 11.6 Å². The number of halogens is 2. The van der Waals surface area contributed by atoms with Gasteiger partial charge in [0.25, 0.3) is 5.91 Å². The number of piperidine rings is 1. The highest BCUT2D eigenvalue weighted by Gasteiger charge is 2.26. The van der Waals surface area contributed by atoms with E-state index in [0.717, 1.165) is 37.7 Å². The molecular weight excluding hydrogens is 454 g/mol. The van der Waals surface area contributed by atoms with Gasteiger partial charge in [-0.25, -0.2) is 13.6 Å². The van der Waals surface area contributed by atoms with Crippen molar-refractivity contribution in [1.29, 1.82) is 0 Å². The highest BCUT2D eigenvalue weighted by atomic mass is 19.2. The van der Waals surface area contributed by atoms with Gasteiger partial charge in [0, 0.05) is 68.7 Å². The normalized spacial score (nSPS) is 16.9. The number of rotatable bonds is 6. The molecule has 0 spiro atoms. The monoisotopic (exact) mass is 486 g/mol. The molecule has 9 heteroatoms. The summed E-state index contributed by atoms with van der Waals surface area (Å²) in [5.41, 5.74) is 2.03. The number of carbonyl (C=O) groups is 2. The van der Waals surface area contributed by atoms with Gasteiger partial charge >= 0.3 is 6.09 Å². The summed E-state index contributed by atoms with van der Waals surface area (Å²) in [6.07, 6.45) is 1.45. The molecule has 4 rings (SSSR count). The highest BCUT2D eigenvalue weighted by molar-refractivity contribution is 5.94. The predicted molar refractivity (Wildman–Crippen MR) is 129 cm³/mol. The van der Waals surface area contributed by atoms with Crippen LogP contribution in [0.5, 0.6) is 0 Å². The Morgan fingerprint density at radius 3 is 2.26 bits per heavy atom. The van der Waals surface area contributed by atoms with Crippen molar-refractivity contribution >= 4 is 17.7 Å². The van der Waals surface area contributed by atoms with Crippen molar-refractivity contribution in [2.45, 2.75) is 32.4 Å². The summed E-state index contributed by atoms with van der Waals surface area (Å²) in [4.78, 5) is 30.4. The molecule has 2 fully saturated rings. The maximum Gasteiger partial charge on any atom is 0.409 e. The minimum absolute atomic E-state index is 0.0347. The first-order valence-corrected chi connectivity index (χ1v) is 12.2. The molecule has 2 heterocycles. The summed E-state index contributed by atoms with van der Waals surface area (Å²) in [6, 6.07) is 12.1. The average Bonchev–Trinajstić information content (AvgIpc) is 2.90. The van der Waals surface area contributed by atoms with Crippen LogP contribution in [-0.2, 0) is 11.3 Å². The molecule has 2 aliphatic heterocycles. The van der Waals surface area contributed by atoms with Crippen molar-refractivity contribution in [2.24, 2.45) is 0 Å². The molecule has 0 saturated carbocycles. The summed E-state index contributed by atoms with van der Waals surface area (Å²) in [7, 11) is 0. The second kappa shape index (κ2) is 11.5. The minimum atomic E-state index is -0.819. The number of piperazine rings is 1. The zero-order chi connectivity index (χ0) is 24.8. The lowest BCUT2D eigenvalue weighted by Gasteiger charge is -2.35. The van der Waals surface area contributed by atoms with E-state index in [-0.39, 0.29) is 18.0 Å². The maximum atomic E-state index is 13.9. The van der Waals surface area contributed by atoms with Crippen LogP contribution in [0, 0.1) is 11.6 Å². The fraction of sp³-hybridized carbons (Fsp3) is 0.462. The zero-order valence-corrected chi connectivity index (χ0v) is 20.0. The van der Waals surface area contributed by atoms with Gasteiger partial charge in [0.1, 0.15) is 0 Å². The number of amides is 2. The van der Waals surface area contributed by atoms with Crippen LogP contribution in [0.3, 0.4) is 0 Å². The molecule has 188 valence electrons. The second-order valence-electron chi connectivity index (χ2n) is 8.88. The molecule has 2 saturated heterocycles. The van der Waals surface area contributed by atoms with Gasteiger partial charge in [-0.15, -0.1) is 0 Å². The molecule has 2 aromatic rings. The van der Waals surface area contributed by atoms with Crippen LogP contribution in [0.4, 0.5) is 19.3 Å². The van der Waals surface area contributed by atoms with E-state index in [1.165, 1.54) is 6.07 Å². The molecule has 7 nitrogen and oxygen atoms in total. The van der Waals surface area contributed by atoms with Crippen molar-refractivity contribution in [1.82, 2.24) is 15.1 Å². The maximum absolute atomic E-state index is 13.9. The number of carbonyl (C=O) groups excluding carboxylic acids is 2. The van der Waals surface area contributed by atoms with Gasteiger partial charge in [-0.05, 0) is 50.1 Å². The summed E-state index contributed by atoms with van der Waals surface area (Å²) in [5.74, 6) is -1.64. The Morgan fingerprint density at radius 1 is 0.943 bits per heavy atom. The number of hydrogen-bond donors (Lipinski definition) is 1. The van der Waals surface area contributed by atoms with Crippen LogP contribution in [0.15, 0.2) is 42.5 Å². The van der Waals surface area contributed by atoms with Crippen LogP contribution in [0.2, 0.25) is 0 Å². The lowest BCUT2D eigenvalue weighted by molar-refractivity contribution is 0.0570. The van der Waals surface area contributed by atoms with Crippen molar-refractivity contribution < 1.29 is 23.1 Å². The third kappa shape index (κ3) is 6.08. The lowest BCUT2D eigenvalue weighted by Crippen LogP contribution is -2.50. The molecule has 35 heavy (non-hydrogen) atoms. The molecule has 0 atom stereocenters. The van der Waals surface area contributed by atoms with Gasteiger partial charge in [0.2, 0.25) is 0 Å². The number of nitrogens with one attached hydrogen (secondary N) is 1. The fourth-order valence-corrected chi connectivity index (χ4v) is 4.59. The van der Waals surface area contributed by atoms with Gasteiger partial charge in [-0.3, -0.25) is 4.79 Å². The van der Waals surface area contributed by atoms with E-state index in [2.05, 4.69) is 10.2 Å². The van der Waals surface area contributed by atoms with E-state index < -0.39 is 11.6 Å².